The van der Waals surface area contributed by atoms with Gasteiger partial charge in [-0.25, -0.2) is 0 Å². The normalized spacial score (nSPS) is 23.2. The molecule has 1 aromatic rings. The van der Waals surface area contributed by atoms with Gasteiger partial charge in [-0.3, -0.25) is 4.79 Å². The summed E-state index contributed by atoms with van der Waals surface area (Å²) in [6, 6.07) is 4.06. The quantitative estimate of drug-likeness (QED) is 0.782. The maximum atomic E-state index is 11.4. The van der Waals surface area contributed by atoms with Crippen LogP contribution < -0.4 is 0 Å². The zero-order valence-electron chi connectivity index (χ0n) is 10.2. The first-order valence-corrected chi connectivity index (χ1v) is 5.86. The molecule has 1 saturated carbocycles. The number of hydrogen-bond donors (Lipinski definition) is 0. The van der Waals surface area contributed by atoms with Crippen molar-refractivity contribution in [1.29, 1.82) is 0 Å². The molecule has 3 heteroatoms. The molecule has 1 heterocycles. The summed E-state index contributed by atoms with van der Waals surface area (Å²) < 4.78 is 5.74. The van der Waals surface area contributed by atoms with Crippen LogP contribution >= 0.6 is 0 Å². The van der Waals surface area contributed by atoms with E-state index in [-0.39, 0.29) is 5.91 Å². The molecule has 1 aromatic heterocycles. The zero-order valence-corrected chi connectivity index (χ0v) is 10.2. The lowest BCUT2D eigenvalue weighted by Gasteiger charge is -2.08. The summed E-state index contributed by atoms with van der Waals surface area (Å²) in [5, 5.41) is 0. The van der Waals surface area contributed by atoms with E-state index in [1.807, 2.05) is 6.07 Å². The zero-order chi connectivity index (χ0) is 11.7. The van der Waals surface area contributed by atoms with E-state index < -0.39 is 0 Å². The van der Waals surface area contributed by atoms with Gasteiger partial charge in [0.2, 0.25) is 5.91 Å². The van der Waals surface area contributed by atoms with Gasteiger partial charge in [0.15, 0.2) is 0 Å². The molecule has 16 heavy (non-hydrogen) atoms. The lowest BCUT2D eigenvalue weighted by Crippen LogP contribution is -2.21. The van der Waals surface area contributed by atoms with E-state index in [4.69, 9.17) is 4.42 Å². The molecule has 0 N–H and O–H groups in total. The molecule has 0 bridgehead atoms. The molecule has 2 unspecified atom stereocenters. The van der Waals surface area contributed by atoms with Crippen LogP contribution in [0.2, 0.25) is 0 Å². The molecule has 0 aromatic carbocycles. The van der Waals surface area contributed by atoms with E-state index in [1.165, 1.54) is 6.42 Å². The number of nitrogens with zero attached hydrogens (tertiary/aromatic N) is 1. The number of amides is 1. The second-order valence-electron chi connectivity index (χ2n) is 4.91. The Labute approximate surface area is 96.4 Å². The van der Waals surface area contributed by atoms with E-state index in [0.717, 1.165) is 17.4 Å². The smallest absolute Gasteiger partial charge is 0.222 e. The monoisotopic (exact) mass is 221 g/mol. The summed E-state index contributed by atoms with van der Waals surface area (Å²) >= 11 is 0. The second kappa shape index (κ2) is 4.32. The van der Waals surface area contributed by atoms with Crippen molar-refractivity contribution in [2.75, 3.05) is 14.1 Å². The molecule has 3 nitrogen and oxygen atoms in total. The highest BCUT2D eigenvalue weighted by atomic mass is 16.3. The summed E-state index contributed by atoms with van der Waals surface area (Å²) in [5.41, 5.74) is 0. The summed E-state index contributed by atoms with van der Waals surface area (Å²) in [6.45, 7) is 2.24. The number of hydrogen-bond acceptors (Lipinski definition) is 2. The van der Waals surface area contributed by atoms with Crippen LogP contribution in [0.1, 0.15) is 37.2 Å². The van der Waals surface area contributed by atoms with Crippen LogP contribution in [-0.4, -0.2) is 24.9 Å². The van der Waals surface area contributed by atoms with Crippen LogP contribution in [0.3, 0.4) is 0 Å². The van der Waals surface area contributed by atoms with Gasteiger partial charge in [0.05, 0.1) is 0 Å². The van der Waals surface area contributed by atoms with Crippen LogP contribution in [0.5, 0.6) is 0 Å². The van der Waals surface area contributed by atoms with Crippen molar-refractivity contribution in [1.82, 2.24) is 4.90 Å². The van der Waals surface area contributed by atoms with E-state index in [0.29, 0.717) is 18.8 Å². The number of furan rings is 1. The Morgan fingerprint density at radius 2 is 2.19 bits per heavy atom. The minimum atomic E-state index is 0.151. The predicted molar refractivity (Wildman–Crippen MR) is 62.2 cm³/mol. The average Bonchev–Trinajstić information content (AvgIpc) is 2.80. The Bertz CT molecular complexity index is 381. The topological polar surface area (TPSA) is 33.5 Å². The fourth-order valence-electron chi connectivity index (χ4n) is 1.90. The van der Waals surface area contributed by atoms with Crippen molar-refractivity contribution in [3.8, 4) is 0 Å². The third-order valence-electron chi connectivity index (χ3n) is 3.24. The first kappa shape index (κ1) is 11.2. The Kier molecular flexibility index (Phi) is 3.03. The van der Waals surface area contributed by atoms with Crippen molar-refractivity contribution in [2.24, 2.45) is 5.92 Å². The Morgan fingerprint density at radius 3 is 2.75 bits per heavy atom. The average molecular weight is 221 g/mol. The molecular formula is C13H19NO2. The minimum Gasteiger partial charge on any atom is -0.466 e. The summed E-state index contributed by atoms with van der Waals surface area (Å²) in [6.07, 6.45) is 2.47. The lowest BCUT2D eigenvalue weighted by atomic mass is 10.2. The van der Waals surface area contributed by atoms with Gasteiger partial charge >= 0.3 is 0 Å². The molecule has 1 amide bonds. The molecule has 2 rings (SSSR count). The Morgan fingerprint density at radius 1 is 1.50 bits per heavy atom. The van der Waals surface area contributed by atoms with Gasteiger partial charge in [0.1, 0.15) is 11.5 Å². The first-order chi connectivity index (χ1) is 7.58. The highest BCUT2D eigenvalue weighted by Crippen LogP contribution is 2.47. The first-order valence-electron chi connectivity index (χ1n) is 5.86. The number of carbonyl (C=O) groups is 1. The third kappa shape index (κ3) is 2.46. The predicted octanol–water partition coefficient (Wildman–Crippen LogP) is 2.42. The van der Waals surface area contributed by atoms with Crippen LogP contribution in [0.4, 0.5) is 0 Å². The van der Waals surface area contributed by atoms with Gasteiger partial charge < -0.3 is 9.32 Å². The molecule has 2 atom stereocenters. The number of aryl methyl sites for hydroxylation is 1. The van der Waals surface area contributed by atoms with E-state index >= 15 is 0 Å². The standard InChI is InChI=1S/C13H19NO2/c1-9-8-11(9)12-6-4-10(16-12)5-7-13(15)14(2)3/h4,6,9,11H,5,7-8H2,1-3H3. The maximum absolute atomic E-state index is 11.4. The molecule has 88 valence electrons. The van der Waals surface area contributed by atoms with Gasteiger partial charge in [-0.05, 0) is 24.5 Å². The Hall–Kier alpha value is -1.25. The molecular weight excluding hydrogens is 202 g/mol. The van der Waals surface area contributed by atoms with Crippen molar-refractivity contribution in [3.05, 3.63) is 23.7 Å². The Balaban J connectivity index is 1.86. The highest BCUT2D eigenvalue weighted by Gasteiger charge is 2.36. The van der Waals surface area contributed by atoms with E-state index in [2.05, 4.69) is 13.0 Å². The highest BCUT2D eigenvalue weighted by molar-refractivity contribution is 5.75. The van der Waals surface area contributed by atoms with Crippen molar-refractivity contribution in [2.45, 2.75) is 32.1 Å². The van der Waals surface area contributed by atoms with Crippen LogP contribution in [0, 0.1) is 5.92 Å². The van der Waals surface area contributed by atoms with Crippen molar-refractivity contribution >= 4 is 5.91 Å². The van der Waals surface area contributed by atoms with Crippen molar-refractivity contribution < 1.29 is 9.21 Å². The van der Waals surface area contributed by atoms with Crippen molar-refractivity contribution in [3.63, 3.8) is 0 Å². The van der Waals surface area contributed by atoms with Gasteiger partial charge in [-0.2, -0.15) is 0 Å². The lowest BCUT2D eigenvalue weighted by molar-refractivity contribution is -0.128. The maximum Gasteiger partial charge on any atom is 0.222 e. The summed E-state index contributed by atoms with van der Waals surface area (Å²) in [4.78, 5) is 13.0. The molecule has 0 spiro atoms. The molecule has 0 aliphatic heterocycles. The molecule has 1 aliphatic rings. The third-order valence-corrected chi connectivity index (χ3v) is 3.24. The molecule has 1 aliphatic carbocycles. The molecule has 1 fully saturated rings. The van der Waals surface area contributed by atoms with Gasteiger partial charge in [0.25, 0.3) is 0 Å². The second-order valence-corrected chi connectivity index (χ2v) is 4.91. The fraction of sp³-hybridized carbons (Fsp3) is 0.615. The minimum absolute atomic E-state index is 0.151. The van der Waals surface area contributed by atoms with Crippen LogP contribution in [0.15, 0.2) is 16.5 Å². The van der Waals surface area contributed by atoms with Gasteiger partial charge in [0, 0.05) is 32.9 Å². The summed E-state index contributed by atoms with van der Waals surface area (Å²) in [7, 11) is 3.56. The van der Waals surface area contributed by atoms with E-state index in [1.54, 1.807) is 19.0 Å². The fourth-order valence-corrected chi connectivity index (χ4v) is 1.90. The van der Waals surface area contributed by atoms with Gasteiger partial charge in [-0.1, -0.05) is 6.92 Å². The molecule has 0 radical (unpaired) electrons. The van der Waals surface area contributed by atoms with Crippen LogP contribution in [0.25, 0.3) is 0 Å². The number of carbonyl (C=O) groups excluding carboxylic acids is 1. The summed E-state index contributed by atoms with van der Waals surface area (Å²) in [5.74, 6) is 3.57. The van der Waals surface area contributed by atoms with E-state index in [9.17, 15) is 4.79 Å². The largest absolute Gasteiger partial charge is 0.466 e. The van der Waals surface area contributed by atoms with Gasteiger partial charge in [-0.15, -0.1) is 0 Å². The SMILES string of the molecule is CC1CC1c1ccc(CCC(=O)N(C)C)o1. The molecule has 0 saturated heterocycles. The van der Waals surface area contributed by atoms with Crippen LogP contribution in [-0.2, 0) is 11.2 Å². The number of rotatable bonds is 4.